The zero-order valence-corrected chi connectivity index (χ0v) is 11.8. The van der Waals surface area contributed by atoms with Gasteiger partial charge in [0.1, 0.15) is 5.82 Å². The lowest BCUT2D eigenvalue weighted by atomic mass is 10.1. The lowest BCUT2D eigenvalue weighted by Gasteiger charge is -1.98. The van der Waals surface area contributed by atoms with Gasteiger partial charge in [0, 0.05) is 15.7 Å². The molecule has 0 spiro atoms. The predicted molar refractivity (Wildman–Crippen MR) is 77.2 cm³/mol. The first-order chi connectivity index (χ1) is 9.65. The highest BCUT2D eigenvalue weighted by atomic mass is 79.9. The molecule has 1 heterocycles. The van der Waals surface area contributed by atoms with E-state index in [9.17, 15) is 4.39 Å². The van der Waals surface area contributed by atoms with Gasteiger partial charge >= 0.3 is 0 Å². The first-order valence-corrected chi connectivity index (χ1v) is 6.58. The average molecular weight is 334 g/mol. The SMILES string of the molecule is Nc1ccccc1-c1noc(-c2ccc(Br)cc2F)n1. The van der Waals surface area contributed by atoms with E-state index in [0.29, 0.717) is 21.5 Å². The van der Waals surface area contributed by atoms with Gasteiger partial charge in [-0.05, 0) is 30.3 Å². The topological polar surface area (TPSA) is 64.9 Å². The quantitative estimate of drug-likeness (QED) is 0.722. The summed E-state index contributed by atoms with van der Waals surface area (Å²) in [7, 11) is 0. The Labute approximate surface area is 122 Å². The zero-order chi connectivity index (χ0) is 14.1. The Hall–Kier alpha value is -2.21. The van der Waals surface area contributed by atoms with Gasteiger partial charge in [0.2, 0.25) is 5.82 Å². The van der Waals surface area contributed by atoms with Crippen LogP contribution in [0.2, 0.25) is 0 Å². The summed E-state index contributed by atoms with van der Waals surface area (Å²) >= 11 is 3.20. The van der Waals surface area contributed by atoms with Crippen LogP contribution in [0.3, 0.4) is 0 Å². The van der Waals surface area contributed by atoms with Gasteiger partial charge in [0.25, 0.3) is 5.89 Å². The largest absolute Gasteiger partial charge is 0.398 e. The molecule has 100 valence electrons. The van der Waals surface area contributed by atoms with Gasteiger partial charge in [-0.2, -0.15) is 4.98 Å². The van der Waals surface area contributed by atoms with E-state index in [1.807, 2.05) is 12.1 Å². The van der Waals surface area contributed by atoms with E-state index >= 15 is 0 Å². The van der Waals surface area contributed by atoms with Crippen molar-refractivity contribution >= 4 is 21.6 Å². The van der Waals surface area contributed by atoms with Crippen LogP contribution in [0.4, 0.5) is 10.1 Å². The van der Waals surface area contributed by atoms with Crippen LogP contribution < -0.4 is 5.73 Å². The Morgan fingerprint density at radius 1 is 1.10 bits per heavy atom. The second kappa shape index (κ2) is 5.05. The molecule has 0 saturated heterocycles. The second-order valence-corrected chi connectivity index (χ2v) is 5.05. The molecule has 0 fully saturated rings. The number of aromatic nitrogens is 2. The number of hydrogen-bond donors (Lipinski definition) is 1. The van der Waals surface area contributed by atoms with Crippen molar-refractivity contribution in [1.29, 1.82) is 0 Å². The molecule has 2 N–H and O–H groups in total. The maximum atomic E-state index is 13.8. The molecule has 0 atom stereocenters. The summed E-state index contributed by atoms with van der Waals surface area (Å²) < 4.78 is 19.6. The van der Waals surface area contributed by atoms with E-state index in [2.05, 4.69) is 26.1 Å². The molecule has 0 aliphatic rings. The number of hydrogen-bond acceptors (Lipinski definition) is 4. The summed E-state index contributed by atoms with van der Waals surface area (Å²) in [4.78, 5) is 4.19. The third kappa shape index (κ3) is 2.30. The summed E-state index contributed by atoms with van der Waals surface area (Å²) in [5.74, 6) is 0.0179. The van der Waals surface area contributed by atoms with Crippen molar-refractivity contribution in [2.45, 2.75) is 0 Å². The number of anilines is 1. The van der Waals surface area contributed by atoms with Gasteiger partial charge in [-0.3, -0.25) is 0 Å². The van der Waals surface area contributed by atoms with Gasteiger partial charge in [0.05, 0.1) is 5.56 Å². The molecule has 3 rings (SSSR count). The van der Waals surface area contributed by atoms with Crippen molar-refractivity contribution < 1.29 is 8.91 Å². The summed E-state index contributed by atoms with van der Waals surface area (Å²) in [6.45, 7) is 0. The minimum atomic E-state index is -0.435. The smallest absolute Gasteiger partial charge is 0.261 e. The molecule has 4 nitrogen and oxygen atoms in total. The van der Waals surface area contributed by atoms with Crippen LogP contribution in [-0.4, -0.2) is 10.1 Å². The number of nitrogen functional groups attached to an aromatic ring is 1. The fourth-order valence-corrected chi connectivity index (χ4v) is 2.14. The molecule has 0 aliphatic heterocycles. The summed E-state index contributed by atoms with van der Waals surface area (Å²) in [5.41, 5.74) is 7.29. The number of rotatable bonds is 2. The summed E-state index contributed by atoms with van der Waals surface area (Å²) in [6, 6.07) is 11.8. The van der Waals surface area contributed by atoms with Crippen LogP contribution in [-0.2, 0) is 0 Å². The molecule has 2 aromatic carbocycles. The van der Waals surface area contributed by atoms with Gasteiger partial charge in [-0.25, -0.2) is 4.39 Å². The third-order valence-electron chi connectivity index (χ3n) is 2.79. The van der Waals surface area contributed by atoms with Crippen LogP contribution in [0.15, 0.2) is 51.5 Å². The number of benzene rings is 2. The van der Waals surface area contributed by atoms with E-state index in [1.54, 1.807) is 24.3 Å². The van der Waals surface area contributed by atoms with E-state index in [4.69, 9.17) is 10.3 Å². The zero-order valence-electron chi connectivity index (χ0n) is 10.2. The van der Waals surface area contributed by atoms with Crippen LogP contribution in [0.1, 0.15) is 0 Å². The Bertz CT molecular complexity index is 773. The lowest BCUT2D eigenvalue weighted by Crippen LogP contribution is -1.90. The number of nitrogens with zero attached hydrogens (tertiary/aromatic N) is 2. The van der Waals surface area contributed by atoms with Gasteiger partial charge in [0.15, 0.2) is 0 Å². The maximum Gasteiger partial charge on any atom is 0.261 e. The van der Waals surface area contributed by atoms with Gasteiger partial charge in [-0.15, -0.1) is 0 Å². The normalized spacial score (nSPS) is 10.7. The highest BCUT2D eigenvalue weighted by Gasteiger charge is 2.15. The monoisotopic (exact) mass is 333 g/mol. The van der Waals surface area contributed by atoms with Crippen molar-refractivity contribution in [3.63, 3.8) is 0 Å². The Morgan fingerprint density at radius 3 is 2.65 bits per heavy atom. The molecular weight excluding hydrogens is 325 g/mol. The van der Waals surface area contributed by atoms with Crippen molar-refractivity contribution in [2.24, 2.45) is 0 Å². The fourth-order valence-electron chi connectivity index (χ4n) is 1.81. The molecule has 0 amide bonds. The van der Waals surface area contributed by atoms with E-state index in [0.717, 1.165) is 0 Å². The molecular formula is C14H9BrFN3O. The Kier molecular flexibility index (Phi) is 3.23. The van der Waals surface area contributed by atoms with Crippen LogP contribution >= 0.6 is 15.9 Å². The minimum absolute atomic E-state index is 0.119. The van der Waals surface area contributed by atoms with Gasteiger partial charge < -0.3 is 10.3 Å². The Balaban J connectivity index is 2.04. The first-order valence-electron chi connectivity index (χ1n) is 5.79. The standard InChI is InChI=1S/C14H9BrFN3O/c15-8-5-6-9(11(16)7-8)14-18-13(19-20-14)10-3-1-2-4-12(10)17/h1-7H,17H2. The molecule has 20 heavy (non-hydrogen) atoms. The second-order valence-electron chi connectivity index (χ2n) is 4.13. The van der Waals surface area contributed by atoms with Crippen molar-refractivity contribution in [3.8, 4) is 22.8 Å². The highest BCUT2D eigenvalue weighted by Crippen LogP contribution is 2.28. The predicted octanol–water partition coefficient (Wildman–Crippen LogP) is 3.89. The maximum absolute atomic E-state index is 13.8. The van der Waals surface area contributed by atoms with Gasteiger partial charge in [-0.1, -0.05) is 33.2 Å². The molecule has 3 aromatic rings. The van der Waals surface area contributed by atoms with Crippen molar-refractivity contribution in [2.75, 3.05) is 5.73 Å². The van der Waals surface area contributed by atoms with E-state index in [1.165, 1.54) is 6.07 Å². The summed E-state index contributed by atoms with van der Waals surface area (Å²) in [5, 5.41) is 3.84. The highest BCUT2D eigenvalue weighted by molar-refractivity contribution is 9.10. The molecule has 6 heteroatoms. The molecule has 0 saturated carbocycles. The van der Waals surface area contributed by atoms with Crippen LogP contribution in [0.25, 0.3) is 22.8 Å². The fraction of sp³-hybridized carbons (Fsp3) is 0. The lowest BCUT2D eigenvalue weighted by molar-refractivity contribution is 0.429. The molecule has 0 bridgehead atoms. The van der Waals surface area contributed by atoms with Crippen LogP contribution in [0, 0.1) is 5.82 Å². The van der Waals surface area contributed by atoms with Crippen molar-refractivity contribution in [1.82, 2.24) is 10.1 Å². The Morgan fingerprint density at radius 2 is 1.90 bits per heavy atom. The molecule has 0 aliphatic carbocycles. The van der Waals surface area contributed by atoms with Crippen molar-refractivity contribution in [3.05, 3.63) is 52.8 Å². The number of halogens is 2. The number of para-hydroxylation sites is 1. The van der Waals surface area contributed by atoms with E-state index in [-0.39, 0.29) is 11.5 Å². The average Bonchev–Trinajstić information content (AvgIpc) is 2.88. The number of nitrogens with two attached hydrogens (primary N) is 1. The van der Waals surface area contributed by atoms with Crippen LogP contribution in [0.5, 0.6) is 0 Å². The molecule has 1 aromatic heterocycles. The molecule has 0 unspecified atom stereocenters. The third-order valence-corrected chi connectivity index (χ3v) is 3.28. The van der Waals surface area contributed by atoms with E-state index < -0.39 is 5.82 Å². The molecule has 0 radical (unpaired) electrons. The summed E-state index contributed by atoms with van der Waals surface area (Å²) in [6.07, 6.45) is 0. The first kappa shape index (κ1) is 12.8. The minimum Gasteiger partial charge on any atom is -0.398 e.